The number of allylic oxidation sites excluding steroid dienone is 1. The van der Waals surface area contributed by atoms with Gasteiger partial charge in [-0.2, -0.15) is 5.26 Å². The highest BCUT2D eigenvalue weighted by Crippen LogP contribution is 2.41. The van der Waals surface area contributed by atoms with Crippen molar-refractivity contribution < 1.29 is 21.6 Å². The first-order valence-corrected chi connectivity index (χ1v) is 7.74. The van der Waals surface area contributed by atoms with Crippen molar-refractivity contribution in [1.82, 2.24) is 0 Å². The van der Waals surface area contributed by atoms with Crippen molar-refractivity contribution in [2.45, 2.75) is 4.90 Å². The van der Waals surface area contributed by atoms with Gasteiger partial charge in [0.05, 0.1) is 11.4 Å². The van der Waals surface area contributed by atoms with Crippen LogP contribution in [0.5, 0.6) is 0 Å². The molecule has 0 radical (unpaired) electrons. The first-order valence-electron chi connectivity index (χ1n) is 6.26. The van der Waals surface area contributed by atoms with Gasteiger partial charge in [-0.1, -0.05) is 6.07 Å². The number of anilines is 2. The molecule has 116 valence electrons. The van der Waals surface area contributed by atoms with Crippen molar-refractivity contribution in [3.63, 3.8) is 0 Å². The van der Waals surface area contributed by atoms with Crippen LogP contribution in [0.2, 0.25) is 0 Å². The molecule has 0 aromatic heterocycles. The minimum atomic E-state index is -4.36. The van der Waals surface area contributed by atoms with Gasteiger partial charge < -0.3 is 4.90 Å². The molecular formula is C15H7F3N2O2S. The molecule has 0 atom stereocenters. The maximum absolute atomic E-state index is 14.0. The molecule has 4 nitrogen and oxygen atoms in total. The van der Waals surface area contributed by atoms with Gasteiger partial charge in [-0.15, -0.1) is 0 Å². The average Bonchev–Trinajstić information content (AvgIpc) is 2.50. The number of nitriles is 1. The Bertz CT molecular complexity index is 994. The van der Waals surface area contributed by atoms with E-state index in [4.69, 9.17) is 5.26 Å². The smallest absolute Gasteiger partial charge is 0.223 e. The highest BCUT2D eigenvalue weighted by Gasteiger charge is 2.35. The molecule has 2 aromatic carbocycles. The minimum Gasteiger partial charge on any atom is -0.311 e. The number of fused-ring (bicyclic) bond motifs is 1. The molecule has 0 spiro atoms. The summed E-state index contributed by atoms with van der Waals surface area (Å²) in [7, 11) is -4.36. The third kappa shape index (κ3) is 2.26. The van der Waals surface area contributed by atoms with Crippen LogP contribution in [-0.4, -0.2) is 8.42 Å². The van der Waals surface area contributed by atoms with E-state index in [0.717, 1.165) is 35.4 Å². The molecule has 0 fully saturated rings. The fourth-order valence-corrected chi connectivity index (χ4v) is 3.63. The first kappa shape index (κ1) is 15.1. The summed E-state index contributed by atoms with van der Waals surface area (Å²) in [5.41, 5.74) is -0.534. The number of benzene rings is 2. The van der Waals surface area contributed by atoms with Crippen molar-refractivity contribution in [3.05, 3.63) is 65.0 Å². The van der Waals surface area contributed by atoms with Gasteiger partial charge in [0.1, 0.15) is 28.4 Å². The number of nitrogens with zero attached hydrogens (tertiary/aromatic N) is 2. The second-order valence-electron chi connectivity index (χ2n) is 4.66. The molecule has 23 heavy (non-hydrogen) atoms. The molecule has 0 unspecified atom stereocenters. The van der Waals surface area contributed by atoms with Crippen LogP contribution in [0.25, 0.3) is 0 Å². The summed E-state index contributed by atoms with van der Waals surface area (Å²) in [5.74, 6) is -2.70. The van der Waals surface area contributed by atoms with E-state index in [2.05, 4.69) is 0 Å². The quantitative estimate of drug-likeness (QED) is 0.801. The van der Waals surface area contributed by atoms with E-state index in [9.17, 15) is 21.6 Å². The Labute approximate surface area is 129 Å². The largest absolute Gasteiger partial charge is 0.311 e. The Kier molecular flexibility index (Phi) is 3.38. The van der Waals surface area contributed by atoms with Crippen molar-refractivity contribution >= 4 is 21.2 Å². The van der Waals surface area contributed by atoms with Crippen LogP contribution in [0.4, 0.5) is 24.5 Å². The highest BCUT2D eigenvalue weighted by atomic mass is 32.2. The lowest BCUT2D eigenvalue weighted by molar-refractivity contribution is 0.569. The highest BCUT2D eigenvalue weighted by molar-refractivity contribution is 7.95. The maximum atomic E-state index is 14.0. The van der Waals surface area contributed by atoms with E-state index < -0.39 is 37.1 Å². The standard InChI is InChI=1S/C15H7F3N2O2S/c16-9-4-5-11(17)14(6-9)20-8-10(7-19)23(21,22)15-12(18)2-1-3-13(15)20/h1-6,8H. The normalized spacial score (nSPS) is 15.6. The molecule has 0 bridgehead atoms. The lowest BCUT2D eigenvalue weighted by atomic mass is 10.2. The van der Waals surface area contributed by atoms with Gasteiger partial charge >= 0.3 is 0 Å². The Morgan fingerprint density at radius 3 is 2.43 bits per heavy atom. The van der Waals surface area contributed by atoms with E-state index in [1.165, 1.54) is 18.2 Å². The lowest BCUT2D eigenvalue weighted by Crippen LogP contribution is -2.23. The molecule has 0 amide bonds. The van der Waals surface area contributed by atoms with Gasteiger partial charge in [0.2, 0.25) is 9.84 Å². The van der Waals surface area contributed by atoms with Crippen molar-refractivity contribution in [2.75, 3.05) is 4.90 Å². The predicted molar refractivity (Wildman–Crippen MR) is 75.8 cm³/mol. The van der Waals surface area contributed by atoms with Gasteiger partial charge in [0.25, 0.3) is 0 Å². The maximum Gasteiger partial charge on any atom is 0.223 e. The number of rotatable bonds is 1. The molecule has 0 N–H and O–H groups in total. The Balaban J connectivity index is 2.38. The van der Waals surface area contributed by atoms with Gasteiger partial charge in [-0.25, -0.2) is 21.6 Å². The molecule has 1 heterocycles. The number of sulfone groups is 1. The number of hydrogen-bond acceptors (Lipinski definition) is 4. The van der Waals surface area contributed by atoms with Gasteiger partial charge in [0, 0.05) is 12.3 Å². The Hall–Kier alpha value is -2.79. The third-order valence-corrected chi connectivity index (χ3v) is 5.01. The van der Waals surface area contributed by atoms with E-state index in [1.54, 1.807) is 0 Å². The third-order valence-electron chi connectivity index (χ3n) is 3.29. The summed E-state index contributed by atoms with van der Waals surface area (Å²) >= 11 is 0. The van der Waals surface area contributed by atoms with E-state index in [0.29, 0.717) is 0 Å². The second kappa shape index (κ2) is 5.14. The second-order valence-corrected chi connectivity index (χ2v) is 6.52. The summed E-state index contributed by atoms with van der Waals surface area (Å²) in [5, 5.41) is 9.02. The van der Waals surface area contributed by atoms with Gasteiger partial charge in [-0.3, -0.25) is 0 Å². The van der Waals surface area contributed by atoms with Crippen molar-refractivity contribution in [1.29, 1.82) is 5.26 Å². The zero-order valence-corrected chi connectivity index (χ0v) is 12.1. The molecular weight excluding hydrogens is 329 g/mol. The zero-order valence-electron chi connectivity index (χ0n) is 11.3. The Morgan fingerprint density at radius 1 is 1.00 bits per heavy atom. The van der Waals surface area contributed by atoms with Crippen molar-refractivity contribution in [2.24, 2.45) is 0 Å². The average molecular weight is 336 g/mol. The van der Waals surface area contributed by atoms with Crippen LogP contribution in [0.1, 0.15) is 0 Å². The summed E-state index contributed by atoms with van der Waals surface area (Å²) in [4.78, 5) is -0.572. The molecule has 0 aliphatic carbocycles. The van der Waals surface area contributed by atoms with Crippen LogP contribution < -0.4 is 4.90 Å². The molecule has 8 heteroatoms. The topological polar surface area (TPSA) is 61.2 Å². The van der Waals surface area contributed by atoms with Crippen LogP contribution in [0.15, 0.2) is 52.4 Å². The van der Waals surface area contributed by atoms with Crippen molar-refractivity contribution in [3.8, 4) is 6.07 Å². The fraction of sp³-hybridized carbons (Fsp3) is 0. The fourth-order valence-electron chi connectivity index (χ4n) is 2.28. The van der Waals surface area contributed by atoms with Gasteiger partial charge in [-0.05, 0) is 24.3 Å². The first-order chi connectivity index (χ1) is 10.9. The van der Waals surface area contributed by atoms with Crippen LogP contribution in [-0.2, 0) is 9.84 Å². The minimum absolute atomic E-state index is 0.200. The summed E-state index contributed by atoms with van der Waals surface area (Å²) in [6.45, 7) is 0. The van der Waals surface area contributed by atoms with E-state index in [1.807, 2.05) is 0 Å². The molecule has 1 aliphatic heterocycles. The SMILES string of the molecule is N#CC1=CN(c2cc(F)ccc2F)c2cccc(F)c2S1(=O)=O. The number of hydrogen-bond donors (Lipinski definition) is 0. The summed E-state index contributed by atoms with van der Waals surface area (Å²) in [6, 6.07) is 7.40. The van der Waals surface area contributed by atoms with Crippen LogP contribution in [0.3, 0.4) is 0 Å². The lowest BCUT2D eigenvalue weighted by Gasteiger charge is -2.27. The van der Waals surface area contributed by atoms with Gasteiger partial charge in [0.15, 0.2) is 4.91 Å². The van der Waals surface area contributed by atoms with E-state index in [-0.39, 0.29) is 11.4 Å². The molecule has 2 aromatic rings. The zero-order chi connectivity index (χ0) is 16.8. The predicted octanol–water partition coefficient (Wildman–Crippen LogP) is 3.39. The molecule has 3 rings (SSSR count). The summed E-state index contributed by atoms with van der Waals surface area (Å²) in [6.07, 6.45) is 0.842. The van der Waals surface area contributed by atoms with E-state index >= 15 is 0 Å². The van der Waals surface area contributed by atoms with Crippen LogP contribution >= 0.6 is 0 Å². The van der Waals surface area contributed by atoms with Crippen LogP contribution in [0, 0.1) is 28.8 Å². The monoisotopic (exact) mass is 336 g/mol. The molecule has 0 saturated heterocycles. The Morgan fingerprint density at radius 2 is 1.74 bits per heavy atom. The molecule has 0 saturated carbocycles. The summed E-state index contributed by atoms with van der Waals surface area (Å²) < 4.78 is 66.0. The number of halogens is 3. The molecule has 1 aliphatic rings.